The van der Waals surface area contributed by atoms with Gasteiger partial charge in [-0.2, -0.15) is 5.26 Å². The molecule has 2 aromatic carbocycles. The lowest BCUT2D eigenvalue weighted by atomic mass is 10.1. The SMILES string of the molecule is N#CC1(Cn2c(=O)n(-c3cncc4ccccc34)c(=O)c3oc(-c4ccc(F)cc4Cl)cc32)CC1. The second-order valence-electron chi connectivity index (χ2n) is 8.73. The smallest absolute Gasteiger partial charge is 0.336 e. The van der Waals surface area contributed by atoms with Gasteiger partial charge in [-0.1, -0.05) is 35.9 Å². The van der Waals surface area contributed by atoms with Crippen LogP contribution in [0.1, 0.15) is 12.8 Å². The van der Waals surface area contributed by atoms with E-state index < -0.39 is 22.5 Å². The van der Waals surface area contributed by atoms with Crippen LogP contribution >= 0.6 is 11.6 Å². The van der Waals surface area contributed by atoms with Gasteiger partial charge in [-0.15, -0.1) is 0 Å². The molecule has 1 fully saturated rings. The summed E-state index contributed by atoms with van der Waals surface area (Å²) in [6, 6.07) is 14.9. The minimum Gasteiger partial charge on any atom is -0.449 e. The van der Waals surface area contributed by atoms with Gasteiger partial charge in [0, 0.05) is 35.1 Å². The van der Waals surface area contributed by atoms with Gasteiger partial charge < -0.3 is 4.42 Å². The van der Waals surface area contributed by atoms with Crippen molar-refractivity contribution in [2.45, 2.75) is 19.4 Å². The van der Waals surface area contributed by atoms with E-state index in [1.54, 1.807) is 12.3 Å². The second-order valence-corrected chi connectivity index (χ2v) is 9.14. The number of nitrogens with zero attached hydrogens (tertiary/aromatic N) is 4. The normalized spacial score (nSPS) is 14.3. The molecule has 3 heterocycles. The van der Waals surface area contributed by atoms with Crippen molar-refractivity contribution >= 4 is 33.5 Å². The lowest BCUT2D eigenvalue weighted by molar-refractivity contribution is 0.509. The van der Waals surface area contributed by atoms with E-state index in [1.165, 1.54) is 29.0 Å². The Labute approximate surface area is 202 Å². The topological polar surface area (TPSA) is 93.8 Å². The summed E-state index contributed by atoms with van der Waals surface area (Å²) in [6.45, 7) is 0.105. The van der Waals surface area contributed by atoms with Crippen molar-refractivity contribution in [1.82, 2.24) is 14.1 Å². The van der Waals surface area contributed by atoms with Crippen LogP contribution in [0.5, 0.6) is 0 Å². The van der Waals surface area contributed by atoms with Crippen LogP contribution in [0, 0.1) is 22.6 Å². The quantitative estimate of drug-likeness (QED) is 0.354. The molecule has 0 amide bonds. The molecular formula is C26H16ClFN4O3. The maximum Gasteiger partial charge on any atom is 0.336 e. The third-order valence-electron chi connectivity index (χ3n) is 6.46. The molecule has 0 spiro atoms. The highest BCUT2D eigenvalue weighted by atomic mass is 35.5. The number of hydrogen-bond acceptors (Lipinski definition) is 5. The van der Waals surface area contributed by atoms with Crippen molar-refractivity contribution in [2.24, 2.45) is 5.41 Å². The molecule has 35 heavy (non-hydrogen) atoms. The number of furan rings is 1. The van der Waals surface area contributed by atoms with Gasteiger partial charge >= 0.3 is 11.2 Å². The zero-order chi connectivity index (χ0) is 24.3. The van der Waals surface area contributed by atoms with E-state index in [1.807, 2.05) is 18.2 Å². The first-order valence-corrected chi connectivity index (χ1v) is 11.3. The summed E-state index contributed by atoms with van der Waals surface area (Å²) >= 11 is 6.23. The Bertz CT molecular complexity index is 1820. The van der Waals surface area contributed by atoms with Crippen LogP contribution in [0.3, 0.4) is 0 Å². The zero-order valence-corrected chi connectivity index (χ0v) is 18.9. The van der Waals surface area contributed by atoms with Crippen molar-refractivity contribution in [3.63, 3.8) is 0 Å². The lowest BCUT2D eigenvalue weighted by Gasteiger charge is -2.14. The number of hydrogen-bond donors (Lipinski definition) is 0. The molecule has 172 valence electrons. The first-order chi connectivity index (χ1) is 16.9. The fraction of sp³-hybridized carbons (Fsp3) is 0.154. The molecule has 0 bridgehead atoms. The molecule has 1 saturated carbocycles. The van der Waals surface area contributed by atoms with Crippen LogP contribution in [0.15, 0.2) is 74.9 Å². The first kappa shape index (κ1) is 21.3. The van der Waals surface area contributed by atoms with Crippen molar-refractivity contribution in [1.29, 1.82) is 5.26 Å². The Morgan fingerprint density at radius 3 is 2.69 bits per heavy atom. The standard InChI is InChI=1S/C26H16ClFN4O3/c27-19-9-16(28)5-6-18(19)22-10-20-23(35-22)24(33)32(25(34)31(20)14-26(13-29)7-8-26)21-12-30-11-15-3-1-2-4-17(15)21/h1-6,9-12H,7-8,14H2. The van der Waals surface area contributed by atoms with Gasteiger partial charge in [0.2, 0.25) is 5.58 Å². The van der Waals surface area contributed by atoms with E-state index in [0.717, 1.165) is 16.0 Å². The third kappa shape index (κ3) is 3.35. The summed E-state index contributed by atoms with van der Waals surface area (Å²) in [5.74, 6) is -0.298. The number of nitriles is 1. The summed E-state index contributed by atoms with van der Waals surface area (Å²) in [5.41, 5.74) is -1.06. The number of halogens is 2. The van der Waals surface area contributed by atoms with Gasteiger partial charge in [0.15, 0.2) is 0 Å². The van der Waals surface area contributed by atoms with E-state index in [4.69, 9.17) is 16.0 Å². The Morgan fingerprint density at radius 1 is 1.14 bits per heavy atom. The Morgan fingerprint density at radius 2 is 1.94 bits per heavy atom. The summed E-state index contributed by atoms with van der Waals surface area (Å²) < 4.78 is 22.0. The van der Waals surface area contributed by atoms with Gasteiger partial charge in [-0.3, -0.25) is 14.3 Å². The number of aromatic nitrogens is 3. The molecule has 0 saturated heterocycles. The average Bonchev–Trinajstić information content (AvgIpc) is 3.50. The molecule has 7 nitrogen and oxygen atoms in total. The molecule has 9 heteroatoms. The number of fused-ring (bicyclic) bond motifs is 2. The Hall–Kier alpha value is -4.22. The predicted octanol–water partition coefficient (Wildman–Crippen LogP) is 5.06. The van der Waals surface area contributed by atoms with E-state index >= 15 is 0 Å². The minimum atomic E-state index is -0.680. The van der Waals surface area contributed by atoms with E-state index in [-0.39, 0.29) is 28.4 Å². The van der Waals surface area contributed by atoms with Crippen molar-refractivity contribution in [3.8, 4) is 23.1 Å². The maximum absolute atomic E-state index is 13.8. The van der Waals surface area contributed by atoms with Crippen LogP contribution in [-0.2, 0) is 6.54 Å². The van der Waals surface area contributed by atoms with Crippen LogP contribution in [0.25, 0.3) is 38.9 Å². The van der Waals surface area contributed by atoms with Crippen LogP contribution in [-0.4, -0.2) is 14.1 Å². The molecule has 3 aromatic heterocycles. The molecule has 1 aliphatic carbocycles. The van der Waals surface area contributed by atoms with Crippen molar-refractivity contribution in [3.05, 3.63) is 92.6 Å². The predicted molar refractivity (Wildman–Crippen MR) is 129 cm³/mol. The molecule has 0 atom stereocenters. The highest BCUT2D eigenvalue weighted by Gasteiger charge is 2.44. The highest BCUT2D eigenvalue weighted by molar-refractivity contribution is 6.33. The summed E-state index contributed by atoms with van der Waals surface area (Å²) in [4.78, 5) is 31.7. The molecule has 6 rings (SSSR count). The number of pyridine rings is 1. The highest BCUT2D eigenvalue weighted by Crippen LogP contribution is 2.46. The van der Waals surface area contributed by atoms with Crippen LogP contribution < -0.4 is 11.2 Å². The van der Waals surface area contributed by atoms with Crippen LogP contribution in [0.4, 0.5) is 4.39 Å². The van der Waals surface area contributed by atoms with E-state index in [2.05, 4.69) is 11.1 Å². The van der Waals surface area contributed by atoms with E-state index in [9.17, 15) is 19.2 Å². The fourth-order valence-corrected chi connectivity index (χ4v) is 4.63. The molecule has 0 N–H and O–H groups in total. The zero-order valence-electron chi connectivity index (χ0n) is 18.2. The van der Waals surface area contributed by atoms with Gasteiger partial charge in [-0.25, -0.2) is 13.8 Å². The first-order valence-electron chi connectivity index (χ1n) is 10.9. The largest absolute Gasteiger partial charge is 0.449 e. The maximum atomic E-state index is 13.8. The Balaban J connectivity index is 1.68. The fourth-order valence-electron chi connectivity index (χ4n) is 4.37. The summed E-state index contributed by atoms with van der Waals surface area (Å²) in [6.07, 6.45) is 4.41. The molecule has 5 aromatic rings. The van der Waals surface area contributed by atoms with Crippen molar-refractivity contribution in [2.75, 3.05) is 0 Å². The molecule has 1 aliphatic rings. The minimum absolute atomic E-state index is 0.0679. The van der Waals surface area contributed by atoms with Gasteiger partial charge in [0.25, 0.3) is 0 Å². The van der Waals surface area contributed by atoms with Gasteiger partial charge in [0.05, 0.1) is 33.9 Å². The average molecular weight is 487 g/mol. The van der Waals surface area contributed by atoms with Gasteiger partial charge in [-0.05, 0) is 31.0 Å². The number of benzene rings is 2. The van der Waals surface area contributed by atoms with Crippen LogP contribution in [0.2, 0.25) is 5.02 Å². The summed E-state index contributed by atoms with van der Waals surface area (Å²) in [7, 11) is 0. The summed E-state index contributed by atoms with van der Waals surface area (Å²) in [5, 5.41) is 11.2. The van der Waals surface area contributed by atoms with Crippen molar-refractivity contribution < 1.29 is 8.81 Å². The Kier molecular flexibility index (Phi) is 4.66. The molecule has 0 aliphatic heterocycles. The number of rotatable bonds is 4. The lowest BCUT2D eigenvalue weighted by Crippen LogP contribution is -2.40. The van der Waals surface area contributed by atoms with E-state index in [0.29, 0.717) is 29.5 Å². The molecular weight excluding hydrogens is 471 g/mol. The molecule has 0 unspecified atom stereocenters. The van der Waals surface area contributed by atoms with Gasteiger partial charge in [0.1, 0.15) is 11.6 Å². The monoisotopic (exact) mass is 486 g/mol. The second kappa shape index (κ2) is 7.65. The molecule has 0 radical (unpaired) electrons. The third-order valence-corrected chi connectivity index (χ3v) is 6.77.